The number of pyridine rings is 1. The first-order valence-corrected chi connectivity index (χ1v) is 9.57. The van der Waals surface area contributed by atoms with E-state index < -0.39 is 0 Å². The number of carbonyl (C=O) groups excluding carboxylic acids is 1. The van der Waals surface area contributed by atoms with Crippen molar-refractivity contribution in [2.45, 2.75) is 19.4 Å². The van der Waals surface area contributed by atoms with Crippen molar-refractivity contribution in [3.63, 3.8) is 0 Å². The van der Waals surface area contributed by atoms with Crippen LogP contribution in [0.3, 0.4) is 0 Å². The number of hydrogen-bond acceptors (Lipinski definition) is 5. The second kappa shape index (κ2) is 7.65. The van der Waals surface area contributed by atoms with Gasteiger partial charge in [-0.1, -0.05) is 11.3 Å². The van der Waals surface area contributed by atoms with Gasteiger partial charge in [0, 0.05) is 25.8 Å². The number of rotatable bonds is 4. The van der Waals surface area contributed by atoms with Crippen LogP contribution in [0.15, 0.2) is 48.1 Å². The minimum atomic E-state index is -0.0232. The molecule has 1 atom stereocenters. The minimum absolute atomic E-state index is 0.0232. The molecule has 1 aliphatic rings. The standard InChI is InChI=1S/C18H20N6OS/c25-18(20-17-7-4-10-26-17)23-9-3-5-14(11-23)12-24-13-16(21-22-24)15-6-1-2-8-19-15/h1-2,4,6-8,10,13-14H,3,5,9,11-12H2,(H,20,25). The Bertz CT molecular complexity index is 848. The lowest BCUT2D eigenvalue weighted by Gasteiger charge is -2.32. The number of urea groups is 1. The van der Waals surface area contributed by atoms with E-state index in [-0.39, 0.29) is 6.03 Å². The van der Waals surface area contributed by atoms with Crippen LogP contribution in [0.25, 0.3) is 11.4 Å². The average Bonchev–Trinajstić information content (AvgIpc) is 3.35. The Morgan fingerprint density at radius 3 is 3.04 bits per heavy atom. The molecule has 1 saturated heterocycles. The second-order valence-corrected chi connectivity index (χ2v) is 7.35. The highest BCUT2D eigenvalue weighted by molar-refractivity contribution is 7.14. The van der Waals surface area contributed by atoms with Crippen molar-refractivity contribution in [1.82, 2.24) is 24.9 Å². The zero-order valence-electron chi connectivity index (χ0n) is 14.3. The maximum absolute atomic E-state index is 12.4. The summed E-state index contributed by atoms with van der Waals surface area (Å²) >= 11 is 1.53. The van der Waals surface area contributed by atoms with Gasteiger partial charge >= 0.3 is 6.03 Å². The third-order valence-corrected chi connectivity index (χ3v) is 5.25. The Balaban J connectivity index is 1.36. The monoisotopic (exact) mass is 368 g/mol. The molecule has 3 aromatic rings. The Kier molecular flexibility index (Phi) is 4.92. The summed E-state index contributed by atoms with van der Waals surface area (Å²) in [7, 11) is 0. The Hall–Kier alpha value is -2.74. The SMILES string of the molecule is O=C(Nc1cccs1)N1CCCC(Cn2cc(-c3ccccn3)nn2)C1. The lowest BCUT2D eigenvalue weighted by atomic mass is 9.98. The van der Waals surface area contributed by atoms with Crippen molar-refractivity contribution in [1.29, 1.82) is 0 Å². The molecule has 1 fully saturated rings. The fourth-order valence-electron chi connectivity index (χ4n) is 3.22. The number of nitrogens with one attached hydrogen (secondary N) is 1. The van der Waals surface area contributed by atoms with Gasteiger partial charge in [0.05, 0.1) is 16.9 Å². The van der Waals surface area contributed by atoms with E-state index in [1.165, 1.54) is 11.3 Å². The summed E-state index contributed by atoms with van der Waals surface area (Å²) in [6, 6.07) is 9.57. The summed E-state index contributed by atoms with van der Waals surface area (Å²) < 4.78 is 1.86. The number of amides is 2. The molecule has 0 aliphatic carbocycles. The lowest BCUT2D eigenvalue weighted by molar-refractivity contribution is 0.168. The smallest absolute Gasteiger partial charge is 0.322 e. The summed E-state index contributed by atoms with van der Waals surface area (Å²) in [6.45, 7) is 2.28. The van der Waals surface area contributed by atoms with Crippen LogP contribution < -0.4 is 5.32 Å². The summed E-state index contributed by atoms with van der Waals surface area (Å²) in [5.74, 6) is 0.371. The van der Waals surface area contributed by atoms with Gasteiger partial charge in [0.15, 0.2) is 0 Å². The molecule has 0 spiro atoms. The number of aromatic nitrogens is 4. The van der Waals surface area contributed by atoms with Gasteiger partial charge < -0.3 is 4.90 Å². The van der Waals surface area contributed by atoms with E-state index in [1.54, 1.807) is 6.20 Å². The normalized spacial score (nSPS) is 17.2. The van der Waals surface area contributed by atoms with Crippen molar-refractivity contribution < 1.29 is 4.79 Å². The molecule has 0 saturated carbocycles. The van der Waals surface area contributed by atoms with Gasteiger partial charge in [0.2, 0.25) is 0 Å². The third-order valence-electron chi connectivity index (χ3n) is 4.47. The van der Waals surface area contributed by atoms with Gasteiger partial charge in [-0.15, -0.1) is 16.4 Å². The molecule has 8 heteroatoms. The molecule has 26 heavy (non-hydrogen) atoms. The van der Waals surface area contributed by atoms with E-state index in [0.29, 0.717) is 5.92 Å². The Morgan fingerprint density at radius 1 is 1.27 bits per heavy atom. The number of anilines is 1. The number of piperidine rings is 1. The molecule has 0 radical (unpaired) electrons. The van der Waals surface area contributed by atoms with E-state index in [1.807, 2.05) is 51.5 Å². The maximum atomic E-state index is 12.4. The van der Waals surface area contributed by atoms with Crippen molar-refractivity contribution >= 4 is 22.4 Å². The molecule has 1 N–H and O–H groups in total. The molecule has 7 nitrogen and oxygen atoms in total. The highest BCUT2D eigenvalue weighted by Crippen LogP contribution is 2.21. The fraction of sp³-hybridized carbons (Fsp3) is 0.333. The van der Waals surface area contributed by atoms with Gasteiger partial charge in [-0.05, 0) is 48.4 Å². The molecule has 0 bridgehead atoms. The predicted molar refractivity (Wildman–Crippen MR) is 101 cm³/mol. The van der Waals surface area contributed by atoms with Crippen LogP contribution in [0.4, 0.5) is 9.80 Å². The van der Waals surface area contributed by atoms with E-state index >= 15 is 0 Å². The molecular formula is C18H20N6OS. The number of nitrogens with zero attached hydrogens (tertiary/aromatic N) is 5. The lowest BCUT2D eigenvalue weighted by Crippen LogP contribution is -2.43. The molecule has 1 unspecified atom stereocenters. The first-order valence-electron chi connectivity index (χ1n) is 8.69. The van der Waals surface area contributed by atoms with Gasteiger partial charge in [-0.3, -0.25) is 15.0 Å². The predicted octanol–water partition coefficient (Wildman–Crippen LogP) is 3.35. The number of likely N-dealkylation sites (tertiary alicyclic amines) is 1. The molecular weight excluding hydrogens is 348 g/mol. The number of thiophene rings is 1. The third kappa shape index (κ3) is 3.91. The van der Waals surface area contributed by atoms with E-state index in [0.717, 1.165) is 48.9 Å². The Labute approximate surface area is 155 Å². The van der Waals surface area contributed by atoms with Crippen molar-refractivity contribution in [2.24, 2.45) is 5.92 Å². The number of hydrogen-bond donors (Lipinski definition) is 1. The van der Waals surface area contributed by atoms with E-state index in [2.05, 4.69) is 20.6 Å². The van der Waals surface area contributed by atoms with Crippen molar-refractivity contribution in [3.8, 4) is 11.4 Å². The zero-order chi connectivity index (χ0) is 17.8. The average molecular weight is 368 g/mol. The highest BCUT2D eigenvalue weighted by atomic mass is 32.1. The summed E-state index contributed by atoms with van der Waals surface area (Å²) in [5, 5.41) is 14.2. The van der Waals surface area contributed by atoms with Crippen LogP contribution in [0.1, 0.15) is 12.8 Å². The topological polar surface area (TPSA) is 75.9 Å². The van der Waals surface area contributed by atoms with Crippen molar-refractivity contribution in [3.05, 3.63) is 48.1 Å². The van der Waals surface area contributed by atoms with Crippen molar-refractivity contribution in [2.75, 3.05) is 18.4 Å². The molecule has 1 aliphatic heterocycles. The molecule has 4 heterocycles. The quantitative estimate of drug-likeness (QED) is 0.766. The van der Waals surface area contributed by atoms with Crippen LogP contribution in [0.2, 0.25) is 0 Å². The largest absolute Gasteiger partial charge is 0.324 e. The van der Waals surface area contributed by atoms with Gasteiger partial charge in [-0.2, -0.15) is 0 Å². The molecule has 0 aromatic carbocycles. The van der Waals surface area contributed by atoms with E-state index in [4.69, 9.17) is 0 Å². The first-order chi connectivity index (χ1) is 12.8. The van der Waals surface area contributed by atoms with Crippen LogP contribution in [0.5, 0.6) is 0 Å². The van der Waals surface area contributed by atoms with Crippen LogP contribution in [-0.4, -0.2) is 44.0 Å². The highest BCUT2D eigenvalue weighted by Gasteiger charge is 2.24. The molecule has 4 rings (SSSR count). The first kappa shape index (κ1) is 16.7. The van der Waals surface area contributed by atoms with Gasteiger partial charge in [-0.25, -0.2) is 4.79 Å². The molecule has 134 valence electrons. The Morgan fingerprint density at radius 2 is 2.23 bits per heavy atom. The fourth-order valence-corrected chi connectivity index (χ4v) is 3.82. The van der Waals surface area contributed by atoms with Gasteiger partial charge in [0.1, 0.15) is 5.69 Å². The van der Waals surface area contributed by atoms with Crippen LogP contribution in [-0.2, 0) is 6.54 Å². The molecule has 2 amide bonds. The maximum Gasteiger partial charge on any atom is 0.322 e. The number of carbonyl (C=O) groups is 1. The summed E-state index contributed by atoms with van der Waals surface area (Å²) in [4.78, 5) is 18.6. The van der Waals surface area contributed by atoms with Gasteiger partial charge in [0.25, 0.3) is 0 Å². The van der Waals surface area contributed by atoms with Crippen LogP contribution >= 0.6 is 11.3 Å². The second-order valence-electron chi connectivity index (χ2n) is 6.40. The van der Waals surface area contributed by atoms with E-state index in [9.17, 15) is 4.79 Å². The summed E-state index contributed by atoms with van der Waals surface area (Å²) in [5.41, 5.74) is 1.59. The minimum Gasteiger partial charge on any atom is -0.324 e. The molecule has 3 aromatic heterocycles. The summed E-state index contributed by atoms with van der Waals surface area (Å²) in [6.07, 6.45) is 5.76. The zero-order valence-corrected chi connectivity index (χ0v) is 15.1. The van der Waals surface area contributed by atoms with Crippen LogP contribution in [0, 0.1) is 5.92 Å².